The summed E-state index contributed by atoms with van der Waals surface area (Å²) < 4.78 is 15.9. The lowest BCUT2D eigenvalue weighted by atomic mass is 9.88. The molecule has 0 radical (unpaired) electrons. The normalized spacial score (nSPS) is 19.2. The van der Waals surface area contributed by atoms with E-state index in [0.717, 1.165) is 191 Å². The molecule has 4 aromatic carbocycles. The molecule has 0 spiro atoms. The molecule has 37 nitrogen and oxygen atoms in total. The minimum atomic E-state index is -0.600. The number of aliphatic hydroxyl groups is 3. The molecule has 4 aliphatic heterocycles. The molecule has 8 aromatic heterocycles. The fraction of sp³-hybridized carbons (Fsp3) is 0.441. The molecule has 9 aliphatic carbocycles. The van der Waals surface area contributed by atoms with E-state index in [1.807, 2.05) is 129 Å². The van der Waals surface area contributed by atoms with Gasteiger partial charge in [-0.05, 0) is 291 Å². The van der Waals surface area contributed by atoms with Gasteiger partial charge >= 0.3 is 17.9 Å². The first-order chi connectivity index (χ1) is 69.3. The van der Waals surface area contributed by atoms with E-state index in [1.54, 1.807) is 24.3 Å². The van der Waals surface area contributed by atoms with E-state index in [4.69, 9.17) is 54.1 Å². The Balaban J connectivity index is 0.000000165. The number of ether oxygens (including phenoxy) is 3. The van der Waals surface area contributed by atoms with Crippen LogP contribution in [0.4, 0.5) is 81.2 Å². The molecule has 13 N–H and O–H groups in total. The highest BCUT2D eigenvalue weighted by molar-refractivity contribution is 8.00. The molecular weight excluding hydrogens is 1890 g/mol. The number of β-amino-alcohol motifs (C(OH)–C–C–N with tert-alkyl or cyclic N) is 3. The number of hydrogen-bond acceptors (Lipinski definition) is 35. The van der Waals surface area contributed by atoms with Gasteiger partial charge in [-0.15, -0.1) is 0 Å². The number of aromatic nitrogens is 16. The maximum atomic E-state index is 12.4. The molecule has 41 heteroatoms. The fourth-order valence-corrected chi connectivity index (χ4v) is 21.8. The summed E-state index contributed by atoms with van der Waals surface area (Å²) in [4.78, 5) is 110. The Morgan fingerprint density at radius 3 is 1.00 bits per heavy atom. The number of methoxy groups -OCH3 is 1. The molecule has 2 amide bonds. The third-order valence-electron chi connectivity index (χ3n) is 28.0. The van der Waals surface area contributed by atoms with Crippen molar-refractivity contribution in [2.24, 2.45) is 35.5 Å². The molecule has 13 fully saturated rings. The van der Waals surface area contributed by atoms with Crippen molar-refractivity contribution in [3.63, 3.8) is 0 Å². The molecule has 0 unspecified atom stereocenters. The van der Waals surface area contributed by atoms with E-state index in [2.05, 4.69) is 98.4 Å². The van der Waals surface area contributed by atoms with Crippen molar-refractivity contribution in [3.05, 3.63) is 179 Å². The molecule has 0 bridgehead atoms. The Kier molecular flexibility index (Phi) is 26.6. The maximum Gasteiger partial charge on any atom is 0.338 e. The van der Waals surface area contributed by atoms with Crippen LogP contribution in [0.25, 0.3) is 0 Å². The number of H-pyrrole nitrogens is 4. The summed E-state index contributed by atoms with van der Waals surface area (Å²) in [5.74, 6) is 11.0. The molecule has 143 heavy (non-hydrogen) atoms. The highest BCUT2D eigenvalue weighted by atomic mass is 32.2. The van der Waals surface area contributed by atoms with Gasteiger partial charge in [-0.25, -0.2) is 49.5 Å². The first-order valence-electron chi connectivity index (χ1n) is 49.5. The van der Waals surface area contributed by atoms with Gasteiger partial charge in [0.05, 0.1) is 70.6 Å². The van der Waals surface area contributed by atoms with E-state index in [0.29, 0.717) is 155 Å². The zero-order chi connectivity index (χ0) is 97.8. The van der Waals surface area contributed by atoms with Crippen LogP contribution in [0.5, 0.6) is 0 Å². The van der Waals surface area contributed by atoms with Gasteiger partial charge in [0.2, 0.25) is 11.8 Å². The number of aryl methyl sites for hydroxylation is 2. The number of carbonyl (C=O) groups is 5. The Morgan fingerprint density at radius 2 is 0.692 bits per heavy atom. The van der Waals surface area contributed by atoms with Crippen LogP contribution in [0.2, 0.25) is 0 Å². The summed E-state index contributed by atoms with van der Waals surface area (Å²) in [7, 11) is 1.37. The van der Waals surface area contributed by atoms with Crippen LogP contribution in [0.1, 0.15) is 204 Å². The Hall–Kier alpha value is -12.9. The number of hydrogen-bond donors (Lipinski definition) is 13. The Labute approximate surface area is 855 Å². The number of amides is 2. The van der Waals surface area contributed by atoms with E-state index in [-0.39, 0.29) is 60.5 Å². The number of esters is 3. The third-order valence-corrected chi connectivity index (χ3v) is 31.5. The number of nitrogens with zero attached hydrogens (tertiary/aromatic N) is 16. The van der Waals surface area contributed by atoms with Crippen LogP contribution in [0, 0.1) is 49.4 Å². The van der Waals surface area contributed by atoms with Crippen molar-refractivity contribution in [2.45, 2.75) is 230 Å². The minimum Gasteiger partial charge on any atom is -0.465 e. The molecular formula is C102H132N26O11S4. The number of benzene rings is 4. The molecule has 25 rings (SSSR count). The van der Waals surface area contributed by atoms with Gasteiger partial charge < -0.3 is 81.0 Å². The average Bonchev–Trinajstić information content (AvgIpc) is 1.42. The van der Waals surface area contributed by atoms with Crippen molar-refractivity contribution in [2.75, 3.05) is 111 Å². The maximum absolute atomic E-state index is 12.4. The zero-order valence-electron chi connectivity index (χ0n) is 79.7. The van der Waals surface area contributed by atoms with Crippen LogP contribution in [-0.2, 0) is 28.6 Å². The fourth-order valence-electron chi connectivity index (χ4n) is 18.8. The molecule has 760 valence electrons. The summed E-state index contributed by atoms with van der Waals surface area (Å²) in [5.41, 5.74) is 4.63. The summed E-state index contributed by atoms with van der Waals surface area (Å²) in [6.45, 7) is 10.1. The van der Waals surface area contributed by atoms with Crippen LogP contribution in [0.15, 0.2) is 186 Å². The van der Waals surface area contributed by atoms with Crippen LogP contribution < -0.4 is 51.5 Å². The number of rotatable bonds is 34. The van der Waals surface area contributed by atoms with Crippen molar-refractivity contribution >= 4 is 158 Å². The largest absolute Gasteiger partial charge is 0.465 e. The zero-order valence-corrected chi connectivity index (χ0v) is 83.0. The first-order valence-corrected chi connectivity index (χ1v) is 52.7. The van der Waals surface area contributed by atoms with Crippen molar-refractivity contribution < 1.29 is 66.3 Å². The number of nitrogens with one attached hydrogen (secondary N) is 10. The number of anilines is 14. The smallest absolute Gasteiger partial charge is 0.338 e. The van der Waals surface area contributed by atoms with E-state index in [9.17, 15) is 39.3 Å². The lowest BCUT2D eigenvalue weighted by molar-refractivity contribution is -0.162. The van der Waals surface area contributed by atoms with Gasteiger partial charge in [0.15, 0.2) is 43.9 Å². The van der Waals surface area contributed by atoms with E-state index >= 15 is 0 Å². The first kappa shape index (κ1) is 94.9. The molecule has 12 heterocycles. The van der Waals surface area contributed by atoms with Gasteiger partial charge in [-0.1, -0.05) is 12.8 Å². The highest BCUT2D eigenvalue weighted by Gasteiger charge is 2.58. The molecule has 13 aliphatic rings. The lowest BCUT2D eigenvalue weighted by Gasteiger charge is -2.50. The predicted molar refractivity (Wildman–Crippen MR) is 561 cm³/mol. The SMILES string of the molecule is CC(=O)OC1(C2CC2)CN(c2cc(Nc3cc(C)[nH]n3)nc(Sc3ccc(C(=O)OC4CC4)cc3)n2)C1.COC(=O)c1ccc(Sc2nc(Nc3cc(C4CC4)[nH]n3)cc(N3CC(O)(C4CC4)C3)n2)cc1.Cc1cc(Nc2cc(N3CC(O)(C4CC4)C3)nc(Sc3ccc(NC(=O)C4CCCC4)cc3)n2)n[nH]1.O=C(Nc1ccc(Sc2nc(Nc3cc(C4CC4)[nH]n3)cc(N3CC(O)(C4CC4)C3)n2)cc1)C1CC1.[HH].[HH].[HH].[HH].[HH].[HH].[HH].[HH].[HH]. The standard InChI is InChI=1S/C26H29N7O2S.C26H31N7O2S.C26H28N6O4S.C24H26N6O3S.9H2/c34-24(16-3-4-16)27-18-7-9-19(10-8-18)36-25-29-21(28-22-11-20(31-32-22)15-1-2-15)12-23(30-25)33-13-26(35,14-33)17-5-6-17;1-16-12-22(32-31-16)28-21-13-23(33-14-26(35,15-33)18-6-7-18)30-25(29-21)36-20-10-8-19(9-11-20)27-24(34)17-4-2-3-5-17;1-15-11-22(31-30-15)27-21-12-23(32-13-26(14-32,18-5-6-18)36-16(2)33)29-25(28-21)37-20-9-3-17(4-10-20)24(34)35-19-7-8-19;1-33-22(31)15-4-8-17(9-5-15)34-23-26-19(25-20-10-18(28-29-20)14-2-3-14)11-21(27-23)30-12-24(32,13-30)16-6-7-16;;;;;;;;;/h7-12,15-17,35H,1-6,13-14H2,(H,27,34)(H2,28,29,30,31,32);8-13,17-18,35H,2-7,14-15H2,1H3,(H,27,34)(H2,28,29,30,31,32);3-4,9-12,18-19H,5-8,13-14H2,1-2H3,(H2,27,28,29,30,31);4-5,8-11,14,16,32H,2-3,6-7,12-13H2,1H3,(H2,25,26,27,28,29);9*1H. The third kappa shape index (κ3) is 23.6. The van der Waals surface area contributed by atoms with Gasteiger partial charge in [0.25, 0.3) is 0 Å². The highest BCUT2D eigenvalue weighted by Crippen LogP contribution is 2.52. The van der Waals surface area contributed by atoms with Gasteiger partial charge in [0, 0.05) is 152 Å². The Morgan fingerprint density at radius 1 is 0.371 bits per heavy atom. The monoisotopic (exact) mass is 2020 g/mol. The van der Waals surface area contributed by atoms with Crippen molar-refractivity contribution in [1.29, 1.82) is 0 Å². The second-order valence-corrected chi connectivity index (χ2v) is 44.4. The van der Waals surface area contributed by atoms with Gasteiger partial charge in [0.1, 0.15) is 75.1 Å². The lowest BCUT2D eigenvalue weighted by Crippen LogP contribution is -2.65. The average molecular weight is 2030 g/mol. The second-order valence-electron chi connectivity index (χ2n) is 40.2. The van der Waals surface area contributed by atoms with Gasteiger partial charge in [-0.2, -0.15) is 20.4 Å². The molecule has 9 saturated carbocycles. The summed E-state index contributed by atoms with van der Waals surface area (Å²) >= 11 is 5.75. The molecule has 12 aromatic rings. The Bertz CT molecular complexity index is 6720. The summed E-state index contributed by atoms with van der Waals surface area (Å²) in [6.07, 6.45) is 21.8. The van der Waals surface area contributed by atoms with Crippen LogP contribution in [-0.4, -0.2) is 214 Å². The van der Waals surface area contributed by atoms with E-state index < -0.39 is 22.4 Å². The number of aromatic amines is 4. The van der Waals surface area contributed by atoms with Crippen LogP contribution >= 0.6 is 47.0 Å². The van der Waals surface area contributed by atoms with Crippen molar-refractivity contribution in [1.82, 2.24) is 80.7 Å². The van der Waals surface area contributed by atoms with Crippen LogP contribution in [0.3, 0.4) is 0 Å². The van der Waals surface area contributed by atoms with Gasteiger partial charge in [-0.3, -0.25) is 34.8 Å². The summed E-state index contributed by atoms with van der Waals surface area (Å²) in [5, 5.41) is 83.3. The quantitative estimate of drug-likeness (QED) is 0.0101. The second kappa shape index (κ2) is 40.0. The molecule has 4 saturated heterocycles. The predicted octanol–water partition coefficient (Wildman–Crippen LogP) is 19.0. The summed E-state index contributed by atoms with van der Waals surface area (Å²) in [6, 6.07) is 45.5. The van der Waals surface area contributed by atoms with Crippen molar-refractivity contribution in [3.8, 4) is 0 Å². The van der Waals surface area contributed by atoms with E-state index in [1.165, 1.54) is 86.8 Å². The number of carbonyl (C=O) groups excluding carboxylic acids is 5. The topological polar surface area (TPSA) is 477 Å². The molecule has 0 atom stereocenters. The minimum absolute atomic E-state index is 0.